The Hall–Kier alpha value is -0.540. The van der Waals surface area contributed by atoms with Crippen LogP contribution in [0.4, 0.5) is 0 Å². The molecule has 1 rings (SSSR count). The Morgan fingerprint density at radius 2 is 2.11 bits per heavy atom. The number of carbonyl (C=O) groups excluding carboxylic acids is 1. The maximum atomic E-state index is 11.8. The molecule has 0 aromatic heterocycles. The second kappa shape index (κ2) is 9.38. The summed E-state index contributed by atoms with van der Waals surface area (Å²) >= 11 is 8.99. The van der Waals surface area contributed by atoms with E-state index in [9.17, 15) is 4.79 Å². The predicted molar refractivity (Wildman–Crippen MR) is 83.4 cm³/mol. The maximum Gasteiger partial charge on any atom is 0.165 e. The van der Waals surface area contributed by atoms with E-state index in [0.717, 1.165) is 23.2 Å². The van der Waals surface area contributed by atoms with E-state index in [1.54, 1.807) is 6.07 Å². The Morgan fingerprint density at radius 3 is 2.74 bits per heavy atom. The van der Waals surface area contributed by atoms with Crippen LogP contribution in [0.3, 0.4) is 0 Å². The molecule has 0 radical (unpaired) electrons. The van der Waals surface area contributed by atoms with E-state index in [1.807, 2.05) is 12.1 Å². The second-order valence-corrected chi connectivity index (χ2v) is 5.65. The van der Waals surface area contributed by atoms with Gasteiger partial charge in [-0.1, -0.05) is 26.2 Å². The lowest BCUT2D eigenvalue weighted by atomic mass is 10.1. The number of unbranched alkanes of at least 4 members (excludes halogenated alkanes) is 3. The highest BCUT2D eigenvalue weighted by atomic mass is 79.9. The summed E-state index contributed by atoms with van der Waals surface area (Å²) < 4.78 is 6.43. The van der Waals surface area contributed by atoms with E-state index in [0.29, 0.717) is 17.9 Å². The third kappa shape index (κ3) is 5.96. The highest BCUT2D eigenvalue weighted by Gasteiger charge is 2.10. The molecule has 0 aliphatic carbocycles. The van der Waals surface area contributed by atoms with Gasteiger partial charge in [0.05, 0.1) is 6.61 Å². The van der Waals surface area contributed by atoms with Gasteiger partial charge in [0.1, 0.15) is 5.75 Å². The van der Waals surface area contributed by atoms with Gasteiger partial charge in [0.15, 0.2) is 5.78 Å². The summed E-state index contributed by atoms with van der Waals surface area (Å²) in [4.78, 5) is 11.8. The summed E-state index contributed by atoms with van der Waals surface area (Å²) in [5, 5.41) is 0. The summed E-state index contributed by atoms with van der Waals surface area (Å²) in [6, 6.07) is 5.48. The number of hydrogen-bond donors (Lipinski definition) is 0. The molecule has 0 aliphatic heterocycles. The first-order valence-electron chi connectivity index (χ1n) is 6.70. The second-order valence-electron chi connectivity index (χ2n) is 4.41. The van der Waals surface area contributed by atoms with Crippen LogP contribution < -0.4 is 4.74 Å². The number of benzene rings is 1. The lowest BCUT2D eigenvalue weighted by Gasteiger charge is -2.08. The molecule has 0 N–H and O–H groups in total. The van der Waals surface area contributed by atoms with Crippen LogP contribution in [0.15, 0.2) is 22.7 Å². The topological polar surface area (TPSA) is 26.3 Å². The zero-order valence-electron chi connectivity index (χ0n) is 11.3. The number of rotatable bonds is 9. The summed E-state index contributed by atoms with van der Waals surface area (Å²) in [6.07, 6.45) is 5.10. The van der Waals surface area contributed by atoms with E-state index in [-0.39, 0.29) is 5.78 Å². The van der Waals surface area contributed by atoms with Crippen molar-refractivity contribution in [3.63, 3.8) is 0 Å². The lowest BCUT2D eigenvalue weighted by Crippen LogP contribution is -2.02. The van der Waals surface area contributed by atoms with E-state index in [1.165, 1.54) is 19.3 Å². The molecule has 0 fully saturated rings. The number of ketones is 1. The van der Waals surface area contributed by atoms with Crippen LogP contribution in [-0.4, -0.2) is 18.3 Å². The highest BCUT2D eigenvalue weighted by Crippen LogP contribution is 2.24. The minimum Gasteiger partial charge on any atom is -0.494 e. The first-order chi connectivity index (χ1) is 9.19. The molecule has 0 aliphatic rings. The number of hydrogen-bond acceptors (Lipinski definition) is 2. The number of Topliss-reactive ketones (excluding diaryl/α,β-unsaturated/α-hetero) is 1. The Kier molecular flexibility index (Phi) is 8.15. The largest absolute Gasteiger partial charge is 0.494 e. The summed E-state index contributed by atoms with van der Waals surface area (Å²) in [5.74, 6) is 1.20. The number of halogens is 2. The first kappa shape index (κ1) is 16.5. The molecule has 0 amide bonds. The van der Waals surface area contributed by atoms with E-state index < -0.39 is 0 Å². The van der Waals surface area contributed by atoms with Gasteiger partial charge in [0.25, 0.3) is 0 Å². The van der Waals surface area contributed by atoms with Crippen molar-refractivity contribution in [3.8, 4) is 5.75 Å². The van der Waals surface area contributed by atoms with Gasteiger partial charge in [-0.3, -0.25) is 4.79 Å². The smallest absolute Gasteiger partial charge is 0.165 e. The van der Waals surface area contributed by atoms with Crippen LogP contribution in [-0.2, 0) is 0 Å². The van der Waals surface area contributed by atoms with Crippen LogP contribution >= 0.6 is 27.5 Å². The Morgan fingerprint density at radius 1 is 1.32 bits per heavy atom. The Bertz CT molecular complexity index is 407. The molecular weight excluding hydrogens is 328 g/mol. The maximum absolute atomic E-state index is 11.8. The van der Waals surface area contributed by atoms with Crippen LogP contribution in [0.2, 0.25) is 0 Å². The van der Waals surface area contributed by atoms with E-state index in [4.69, 9.17) is 16.3 Å². The third-order valence-corrected chi connectivity index (χ3v) is 3.67. The van der Waals surface area contributed by atoms with Crippen molar-refractivity contribution in [2.75, 3.05) is 12.5 Å². The zero-order valence-corrected chi connectivity index (χ0v) is 13.6. The third-order valence-electron chi connectivity index (χ3n) is 2.83. The molecule has 106 valence electrons. The molecule has 1 aromatic carbocycles. The summed E-state index contributed by atoms with van der Waals surface area (Å²) in [7, 11) is 0. The SMILES string of the molecule is CCCCCCOc1ccc(C(=O)CCCl)c(Br)c1. The monoisotopic (exact) mass is 346 g/mol. The molecule has 0 atom stereocenters. The molecule has 0 saturated carbocycles. The summed E-state index contributed by atoms with van der Waals surface area (Å²) in [5.41, 5.74) is 0.666. The van der Waals surface area contributed by atoms with Gasteiger partial charge < -0.3 is 4.74 Å². The summed E-state index contributed by atoms with van der Waals surface area (Å²) in [6.45, 7) is 2.91. The minimum absolute atomic E-state index is 0.0522. The van der Waals surface area contributed by atoms with Crippen molar-refractivity contribution in [2.24, 2.45) is 0 Å². The fraction of sp³-hybridized carbons (Fsp3) is 0.533. The van der Waals surface area contributed by atoms with Gasteiger partial charge in [0.2, 0.25) is 0 Å². The standard InChI is InChI=1S/C15H20BrClO2/c1-2-3-4-5-10-19-12-6-7-13(14(16)11-12)15(18)8-9-17/h6-7,11H,2-5,8-10H2,1H3. The molecule has 2 nitrogen and oxygen atoms in total. The average molecular weight is 348 g/mol. The fourth-order valence-electron chi connectivity index (χ4n) is 1.75. The first-order valence-corrected chi connectivity index (χ1v) is 8.03. The average Bonchev–Trinajstić information content (AvgIpc) is 2.39. The van der Waals surface area contributed by atoms with Crippen molar-refractivity contribution in [1.82, 2.24) is 0 Å². The molecule has 0 saturated heterocycles. The minimum atomic E-state index is 0.0522. The van der Waals surface area contributed by atoms with Crippen molar-refractivity contribution in [2.45, 2.75) is 39.0 Å². The fourth-order valence-corrected chi connectivity index (χ4v) is 2.50. The van der Waals surface area contributed by atoms with Crippen LogP contribution in [0.1, 0.15) is 49.4 Å². The van der Waals surface area contributed by atoms with Crippen LogP contribution in [0.25, 0.3) is 0 Å². The van der Waals surface area contributed by atoms with Gasteiger partial charge in [-0.25, -0.2) is 0 Å². The van der Waals surface area contributed by atoms with Crippen molar-refractivity contribution < 1.29 is 9.53 Å². The zero-order chi connectivity index (χ0) is 14.1. The Balaban J connectivity index is 2.49. The lowest BCUT2D eigenvalue weighted by molar-refractivity contribution is 0.0988. The highest BCUT2D eigenvalue weighted by molar-refractivity contribution is 9.10. The van der Waals surface area contributed by atoms with Crippen LogP contribution in [0.5, 0.6) is 5.75 Å². The number of carbonyl (C=O) groups is 1. The van der Waals surface area contributed by atoms with E-state index >= 15 is 0 Å². The van der Waals surface area contributed by atoms with Gasteiger partial charge in [-0.15, -0.1) is 11.6 Å². The number of alkyl halides is 1. The van der Waals surface area contributed by atoms with Gasteiger partial charge >= 0.3 is 0 Å². The van der Waals surface area contributed by atoms with Gasteiger partial charge in [0, 0.05) is 22.3 Å². The Labute approximate surface area is 128 Å². The molecule has 0 unspecified atom stereocenters. The number of ether oxygens (including phenoxy) is 1. The molecule has 19 heavy (non-hydrogen) atoms. The predicted octanol–water partition coefficient (Wildman–Crippen LogP) is 5.22. The van der Waals surface area contributed by atoms with Crippen molar-refractivity contribution >= 4 is 33.3 Å². The molecule has 0 spiro atoms. The van der Waals surface area contributed by atoms with Crippen LogP contribution in [0, 0.1) is 0 Å². The quantitative estimate of drug-likeness (QED) is 0.348. The molecule has 4 heteroatoms. The van der Waals surface area contributed by atoms with Crippen molar-refractivity contribution in [3.05, 3.63) is 28.2 Å². The molecule has 1 aromatic rings. The normalized spacial score (nSPS) is 10.5. The van der Waals surface area contributed by atoms with Crippen molar-refractivity contribution in [1.29, 1.82) is 0 Å². The molecular formula is C15H20BrClO2. The molecule has 0 bridgehead atoms. The van der Waals surface area contributed by atoms with Gasteiger partial charge in [-0.2, -0.15) is 0 Å². The molecule has 0 heterocycles. The van der Waals surface area contributed by atoms with Gasteiger partial charge in [-0.05, 0) is 40.5 Å². The van der Waals surface area contributed by atoms with E-state index in [2.05, 4.69) is 22.9 Å².